The largest absolute Gasteiger partial charge is 0.496 e. The van der Waals surface area contributed by atoms with Gasteiger partial charge in [-0.05, 0) is 36.4 Å². The number of anilines is 1. The van der Waals surface area contributed by atoms with Crippen LogP contribution in [0, 0.1) is 0 Å². The zero-order chi connectivity index (χ0) is 28.9. The summed E-state index contributed by atoms with van der Waals surface area (Å²) in [7, 11) is 3.06. The van der Waals surface area contributed by atoms with Crippen LogP contribution in [0.1, 0.15) is 17.5 Å². The van der Waals surface area contributed by atoms with Gasteiger partial charge in [-0.3, -0.25) is 19.3 Å². The molecule has 2 aliphatic heterocycles. The number of nitrogens with one attached hydrogen (secondary N) is 2. The van der Waals surface area contributed by atoms with Gasteiger partial charge in [-0.25, -0.2) is 4.99 Å². The maximum Gasteiger partial charge on any atom is 0.271 e. The van der Waals surface area contributed by atoms with Crippen molar-refractivity contribution in [1.29, 1.82) is 0 Å². The molecule has 41 heavy (non-hydrogen) atoms. The van der Waals surface area contributed by atoms with Crippen molar-refractivity contribution in [2.45, 2.75) is 19.0 Å². The minimum Gasteiger partial charge on any atom is -0.496 e. The Morgan fingerprint density at radius 1 is 0.976 bits per heavy atom. The SMILES string of the molecule is COc1ccccc1CNC(=O)CC1C(=O)N=C2c3ccccc3N=C(SCC(=O)Nc3cc(Cl)ccc3OC)N21. The fourth-order valence-electron chi connectivity index (χ4n) is 4.49. The average molecular weight is 592 g/mol. The van der Waals surface area contributed by atoms with Crippen LogP contribution in [0.4, 0.5) is 11.4 Å². The number of aliphatic imine (C=N–C) groups is 2. The molecular formula is C29H26ClN5O5S. The van der Waals surface area contributed by atoms with Crippen LogP contribution >= 0.6 is 23.4 Å². The van der Waals surface area contributed by atoms with E-state index in [4.69, 9.17) is 26.1 Å². The first kappa shape index (κ1) is 28.2. The first-order valence-corrected chi connectivity index (χ1v) is 14.0. The lowest BCUT2D eigenvalue weighted by Crippen LogP contribution is -2.46. The number of rotatable bonds is 9. The lowest BCUT2D eigenvalue weighted by atomic mass is 10.1. The molecule has 0 aromatic heterocycles. The Balaban J connectivity index is 1.32. The molecule has 5 rings (SSSR count). The zero-order valence-electron chi connectivity index (χ0n) is 22.2. The first-order chi connectivity index (χ1) is 19.9. The van der Waals surface area contributed by atoms with Crippen molar-refractivity contribution in [3.63, 3.8) is 0 Å². The Kier molecular flexibility index (Phi) is 8.55. The molecule has 0 saturated heterocycles. The molecule has 210 valence electrons. The summed E-state index contributed by atoms with van der Waals surface area (Å²) in [5.74, 6) is 0.388. The van der Waals surface area contributed by atoms with E-state index in [9.17, 15) is 14.4 Å². The molecule has 0 saturated carbocycles. The normalized spacial score (nSPS) is 15.3. The standard InChI is InChI=1S/C29H26ClN5O5S/c1-39-23-10-6-3-7-17(23)15-31-25(36)14-22-28(38)34-27-19-8-4-5-9-20(19)33-29(35(22)27)41-16-26(37)32-21-13-18(30)11-12-24(21)40-2/h3-13,22H,14-16H2,1-2H3,(H,31,36)(H,32,37). The number of benzene rings is 3. The van der Waals surface area contributed by atoms with Gasteiger partial charge in [0, 0.05) is 22.7 Å². The van der Waals surface area contributed by atoms with Crippen LogP contribution in [-0.4, -0.2) is 59.6 Å². The van der Waals surface area contributed by atoms with Crippen molar-refractivity contribution in [2.75, 3.05) is 25.3 Å². The van der Waals surface area contributed by atoms with Gasteiger partial charge in [0.2, 0.25) is 11.8 Å². The molecule has 1 atom stereocenters. The Morgan fingerprint density at radius 3 is 2.54 bits per heavy atom. The van der Waals surface area contributed by atoms with Gasteiger partial charge in [-0.2, -0.15) is 4.99 Å². The molecule has 0 spiro atoms. The molecular weight excluding hydrogens is 566 g/mol. The number of halogens is 1. The highest BCUT2D eigenvalue weighted by Crippen LogP contribution is 2.35. The van der Waals surface area contributed by atoms with Gasteiger partial charge >= 0.3 is 0 Å². The quantitative estimate of drug-likeness (QED) is 0.378. The summed E-state index contributed by atoms with van der Waals surface area (Å²) < 4.78 is 10.7. The minimum absolute atomic E-state index is 0.0264. The Hall–Kier alpha value is -4.35. The fourth-order valence-corrected chi connectivity index (χ4v) is 5.51. The zero-order valence-corrected chi connectivity index (χ0v) is 23.8. The van der Waals surface area contributed by atoms with Crippen LogP contribution in [0.15, 0.2) is 76.7 Å². The molecule has 0 bridgehead atoms. The van der Waals surface area contributed by atoms with Gasteiger partial charge in [0.05, 0.1) is 37.8 Å². The van der Waals surface area contributed by atoms with Gasteiger partial charge < -0.3 is 20.1 Å². The van der Waals surface area contributed by atoms with Crippen molar-refractivity contribution >= 4 is 63.5 Å². The highest BCUT2D eigenvalue weighted by molar-refractivity contribution is 8.14. The second-order valence-electron chi connectivity index (χ2n) is 9.05. The van der Waals surface area contributed by atoms with E-state index < -0.39 is 11.9 Å². The van der Waals surface area contributed by atoms with Crippen LogP contribution < -0.4 is 20.1 Å². The van der Waals surface area contributed by atoms with Gasteiger partial charge in [-0.15, -0.1) is 0 Å². The van der Waals surface area contributed by atoms with E-state index in [0.29, 0.717) is 44.5 Å². The maximum absolute atomic E-state index is 13.1. The van der Waals surface area contributed by atoms with Crippen LogP contribution in [0.25, 0.3) is 0 Å². The molecule has 1 unspecified atom stereocenters. The van der Waals surface area contributed by atoms with Crippen LogP contribution in [0.3, 0.4) is 0 Å². The topological polar surface area (TPSA) is 122 Å². The number of methoxy groups -OCH3 is 2. The van der Waals surface area contributed by atoms with Crippen molar-refractivity contribution in [3.8, 4) is 11.5 Å². The molecule has 0 fully saturated rings. The molecule has 2 aliphatic rings. The summed E-state index contributed by atoms with van der Waals surface area (Å²) in [5, 5.41) is 6.50. The van der Waals surface area contributed by atoms with Crippen molar-refractivity contribution < 1.29 is 23.9 Å². The molecule has 0 radical (unpaired) electrons. The summed E-state index contributed by atoms with van der Waals surface area (Å²) in [6.07, 6.45) is -0.144. The lowest BCUT2D eigenvalue weighted by molar-refractivity contribution is -0.126. The summed E-state index contributed by atoms with van der Waals surface area (Å²) in [6, 6.07) is 18.7. The summed E-state index contributed by atoms with van der Waals surface area (Å²) in [4.78, 5) is 49.6. The van der Waals surface area contributed by atoms with E-state index in [1.165, 1.54) is 7.11 Å². The van der Waals surface area contributed by atoms with Crippen LogP contribution in [0.2, 0.25) is 5.02 Å². The van der Waals surface area contributed by atoms with E-state index in [-0.39, 0.29) is 30.5 Å². The van der Waals surface area contributed by atoms with Gasteiger partial charge in [0.25, 0.3) is 5.91 Å². The number of hydrogen-bond acceptors (Lipinski definition) is 8. The van der Waals surface area contributed by atoms with Gasteiger partial charge in [0.15, 0.2) is 5.17 Å². The number of hydrogen-bond donors (Lipinski definition) is 2. The number of carbonyl (C=O) groups is 3. The van der Waals surface area contributed by atoms with Crippen LogP contribution in [0.5, 0.6) is 11.5 Å². The molecule has 3 aromatic rings. The number of carbonyl (C=O) groups excluding carboxylic acids is 3. The third-order valence-corrected chi connectivity index (χ3v) is 7.61. The predicted molar refractivity (Wildman–Crippen MR) is 159 cm³/mol. The monoisotopic (exact) mass is 591 g/mol. The molecule has 0 aliphatic carbocycles. The number of amides is 3. The Bertz CT molecular complexity index is 1580. The van der Waals surface area contributed by atoms with Crippen molar-refractivity contribution in [2.24, 2.45) is 9.98 Å². The van der Waals surface area contributed by atoms with Crippen molar-refractivity contribution in [3.05, 3.63) is 82.9 Å². The average Bonchev–Trinajstić information content (AvgIpc) is 3.30. The number of para-hydroxylation sites is 2. The van der Waals surface area contributed by atoms with E-state index in [2.05, 4.69) is 15.6 Å². The number of thioether (sulfide) groups is 1. The highest BCUT2D eigenvalue weighted by atomic mass is 35.5. The lowest BCUT2D eigenvalue weighted by Gasteiger charge is -2.30. The smallest absolute Gasteiger partial charge is 0.271 e. The Labute approximate surface area is 245 Å². The van der Waals surface area contributed by atoms with Gasteiger partial charge in [-0.1, -0.05) is 53.7 Å². The molecule has 12 heteroatoms. The summed E-state index contributed by atoms with van der Waals surface area (Å²) in [6.45, 7) is 0.239. The summed E-state index contributed by atoms with van der Waals surface area (Å²) >= 11 is 7.23. The molecule has 3 amide bonds. The summed E-state index contributed by atoms with van der Waals surface area (Å²) in [5.41, 5.74) is 2.54. The third-order valence-electron chi connectivity index (χ3n) is 6.42. The third kappa shape index (κ3) is 6.21. The van der Waals surface area contributed by atoms with E-state index in [1.54, 1.807) is 30.2 Å². The van der Waals surface area contributed by atoms with Gasteiger partial charge in [0.1, 0.15) is 23.4 Å². The van der Waals surface area contributed by atoms with E-state index in [1.807, 2.05) is 48.5 Å². The van der Waals surface area contributed by atoms with E-state index in [0.717, 1.165) is 17.3 Å². The molecule has 10 nitrogen and oxygen atoms in total. The second-order valence-corrected chi connectivity index (χ2v) is 10.4. The number of amidine groups is 2. The Morgan fingerprint density at radius 2 is 1.73 bits per heavy atom. The van der Waals surface area contributed by atoms with Crippen molar-refractivity contribution in [1.82, 2.24) is 10.2 Å². The fraction of sp³-hybridized carbons (Fsp3) is 0.207. The highest BCUT2D eigenvalue weighted by Gasteiger charge is 2.42. The number of nitrogens with zero attached hydrogens (tertiary/aromatic N) is 3. The second kappa shape index (κ2) is 12.4. The number of ether oxygens (including phenoxy) is 2. The number of fused-ring (bicyclic) bond motifs is 3. The predicted octanol–water partition coefficient (Wildman–Crippen LogP) is 4.39. The van der Waals surface area contributed by atoms with Crippen LogP contribution in [-0.2, 0) is 20.9 Å². The molecule has 3 aromatic carbocycles. The molecule has 2 heterocycles. The molecule has 2 N–H and O–H groups in total. The maximum atomic E-state index is 13.1. The minimum atomic E-state index is -0.904. The first-order valence-electron chi connectivity index (χ1n) is 12.6. The van der Waals surface area contributed by atoms with E-state index >= 15 is 0 Å².